The molecule has 3 unspecified atom stereocenters. The lowest BCUT2D eigenvalue weighted by Crippen LogP contribution is -2.53. The first-order valence-corrected chi connectivity index (χ1v) is 8.35. The van der Waals surface area contributed by atoms with Crippen molar-refractivity contribution >= 4 is 0 Å². The van der Waals surface area contributed by atoms with E-state index in [1.165, 1.54) is 5.56 Å². The summed E-state index contributed by atoms with van der Waals surface area (Å²) in [6.07, 6.45) is 5.36. The normalized spacial score (nSPS) is 36.2. The lowest BCUT2D eigenvalue weighted by Gasteiger charge is -2.41. The van der Waals surface area contributed by atoms with Crippen molar-refractivity contribution in [3.05, 3.63) is 35.9 Å². The molecule has 2 fully saturated rings. The Labute approximate surface area is 128 Å². The van der Waals surface area contributed by atoms with Gasteiger partial charge in [0.15, 0.2) is 5.79 Å². The second-order valence-corrected chi connectivity index (χ2v) is 6.44. The molecule has 0 aliphatic carbocycles. The maximum atomic E-state index is 6.40. The molecule has 3 rings (SSSR count). The van der Waals surface area contributed by atoms with Gasteiger partial charge in [0.25, 0.3) is 0 Å². The third-order valence-electron chi connectivity index (χ3n) is 4.79. The van der Waals surface area contributed by atoms with Crippen molar-refractivity contribution in [3.63, 3.8) is 0 Å². The lowest BCUT2D eigenvalue weighted by atomic mass is 9.90. The van der Waals surface area contributed by atoms with Crippen LogP contribution in [0.3, 0.4) is 0 Å². The average Bonchev–Trinajstić information content (AvgIpc) is 2.89. The number of hydrogen-bond acceptors (Lipinski definition) is 3. The molecule has 1 aromatic carbocycles. The van der Waals surface area contributed by atoms with Gasteiger partial charge in [0.1, 0.15) is 0 Å². The SMILES string of the molecule is CCC1CC2(CC(CC)N1)OCC(Cc1ccccc1)O2. The first kappa shape index (κ1) is 15.0. The number of nitrogens with one attached hydrogen (secondary N) is 1. The molecular weight excluding hydrogens is 262 g/mol. The molecule has 116 valence electrons. The average molecular weight is 289 g/mol. The Kier molecular flexibility index (Phi) is 4.63. The Balaban J connectivity index is 1.64. The maximum absolute atomic E-state index is 6.40. The second-order valence-electron chi connectivity index (χ2n) is 6.44. The first-order valence-electron chi connectivity index (χ1n) is 8.35. The fraction of sp³-hybridized carbons (Fsp3) is 0.667. The summed E-state index contributed by atoms with van der Waals surface area (Å²) in [4.78, 5) is 0. The van der Waals surface area contributed by atoms with E-state index in [1.54, 1.807) is 0 Å². The van der Waals surface area contributed by atoms with Crippen LogP contribution in [0.25, 0.3) is 0 Å². The van der Waals surface area contributed by atoms with Gasteiger partial charge in [-0.1, -0.05) is 44.2 Å². The van der Waals surface area contributed by atoms with Crippen LogP contribution in [0, 0.1) is 0 Å². The van der Waals surface area contributed by atoms with Crippen molar-refractivity contribution in [2.24, 2.45) is 0 Å². The standard InChI is InChI=1S/C18H27NO2/c1-3-15-11-18(12-16(4-2)19-15)20-13-17(21-18)10-14-8-6-5-7-9-14/h5-9,15-17,19H,3-4,10-13H2,1-2H3. The molecule has 0 saturated carbocycles. The Morgan fingerprint density at radius 1 is 1.10 bits per heavy atom. The van der Waals surface area contributed by atoms with Gasteiger partial charge in [-0.25, -0.2) is 0 Å². The predicted molar refractivity (Wildman–Crippen MR) is 84.2 cm³/mol. The lowest BCUT2D eigenvalue weighted by molar-refractivity contribution is -0.197. The summed E-state index contributed by atoms with van der Waals surface area (Å²) in [6, 6.07) is 11.6. The number of hydrogen-bond donors (Lipinski definition) is 1. The van der Waals surface area contributed by atoms with Crippen LogP contribution in [0.4, 0.5) is 0 Å². The van der Waals surface area contributed by atoms with Gasteiger partial charge in [0.05, 0.1) is 12.7 Å². The summed E-state index contributed by atoms with van der Waals surface area (Å²) >= 11 is 0. The van der Waals surface area contributed by atoms with Crippen molar-refractivity contribution in [3.8, 4) is 0 Å². The van der Waals surface area contributed by atoms with E-state index < -0.39 is 0 Å². The summed E-state index contributed by atoms with van der Waals surface area (Å²) in [6.45, 7) is 5.20. The largest absolute Gasteiger partial charge is 0.347 e. The summed E-state index contributed by atoms with van der Waals surface area (Å²) in [7, 11) is 0. The zero-order chi connectivity index (χ0) is 14.7. The van der Waals surface area contributed by atoms with Gasteiger partial charge >= 0.3 is 0 Å². The van der Waals surface area contributed by atoms with Gasteiger partial charge in [-0.15, -0.1) is 0 Å². The monoisotopic (exact) mass is 289 g/mol. The van der Waals surface area contributed by atoms with Gasteiger partial charge in [-0.2, -0.15) is 0 Å². The molecule has 1 aromatic rings. The van der Waals surface area contributed by atoms with Crippen LogP contribution in [0.2, 0.25) is 0 Å². The van der Waals surface area contributed by atoms with Crippen molar-refractivity contribution in [1.29, 1.82) is 0 Å². The first-order chi connectivity index (χ1) is 10.2. The number of ether oxygens (including phenoxy) is 2. The van der Waals surface area contributed by atoms with E-state index in [4.69, 9.17) is 9.47 Å². The molecule has 2 aliphatic rings. The zero-order valence-corrected chi connectivity index (χ0v) is 13.2. The quantitative estimate of drug-likeness (QED) is 0.922. The summed E-state index contributed by atoms with van der Waals surface area (Å²) in [5.41, 5.74) is 1.33. The highest BCUT2D eigenvalue weighted by Gasteiger charge is 2.47. The van der Waals surface area contributed by atoms with Crippen LogP contribution >= 0.6 is 0 Å². The summed E-state index contributed by atoms with van der Waals surface area (Å²) in [5, 5.41) is 3.71. The summed E-state index contributed by atoms with van der Waals surface area (Å²) in [5.74, 6) is -0.341. The molecule has 21 heavy (non-hydrogen) atoms. The van der Waals surface area contributed by atoms with Crippen LogP contribution in [0.5, 0.6) is 0 Å². The van der Waals surface area contributed by atoms with Gasteiger partial charge in [0, 0.05) is 31.3 Å². The van der Waals surface area contributed by atoms with Crippen LogP contribution in [-0.2, 0) is 15.9 Å². The van der Waals surface area contributed by atoms with Crippen LogP contribution in [0.15, 0.2) is 30.3 Å². The molecule has 0 amide bonds. The second kappa shape index (κ2) is 6.47. The molecule has 0 radical (unpaired) electrons. The number of benzene rings is 1. The van der Waals surface area contributed by atoms with E-state index in [2.05, 4.69) is 49.5 Å². The van der Waals surface area contributed by atoms with E-state index in [-0.39, 0.29) is 11.9 Å². The molecule has 0 bridgehead atoms. The third kappa shape index (κ3) is 3.47. The fourth-order valence-corrected chi connectivity index (χ4v) is 3.62. The van der Waals surface area contributed by atoms with Gasteiger partial charge in [-0.05, 0) is 18.4 Å². The molecule has 0 aromatic heterocycles. The van der Waals surface area contributed by atoms with Crippen molar-refractivity contribution in [2.45, 2.75) is 69.9 Å². The topological polar surface area (TPSA) is 30.5 Å². The molecule has 3 nitrogen and oxygen atoms in total. The third-order valence-corrected chi connectivity index (χ3v) is 4.79. The molecule has 2 heterocycles. The number of piperidine rings is 1. The molecule has 3 atom stereocenters. The zero-order valence-electron chi connectivity index (χ0n) is 13.2. The highest BCUT2D eigenvalue weighted by atomic mass is 16.7. The molecule has 1 spiro atoms. The van der Waals surface area contributed by atoms with E-state index >= 15 is 0 Å². The molecule has 1 N–H and O–H groups in total. The fourth-order valence-electron chi connectivity index (χ4n) is 3.62. The minimum absolute atomic E-state index is 0.195. The predicted octanol–water partition coefficient (Wildman–Crippen LogP) is 3.28. The molecule has 3 heteroatoms. The Morgan fingerprint density at radius 2 is 1.76 bits per heavy atom. The Morgan fingerprint density at radius 3 is 2.38 bits per heavy atom. The van der Waals surface area contributed by atoms with E-state index in [9.17, 15) is 0 Å². The minimum atomic E-state index is -0.341. The minimum Gasteiger partial charge on any atom is -0.347 e. The van der Waals surface area contributed by atoms with E-state index in [0.717, 1.165) is 38.7 Å². The van der Waals surface area contributed by atoms with Gasteiger partial charge < -0.3 is 14.8 Å². The smallest absolute Gasteiger partial charge is 0.171 e. The van der Waals surface area contributed by atoms with Gasteiger partial charge in [-0.3, -0.25) is 0 Å². The van der Waals surface area contributed by atoms with Crippen LogP contribution in [-0.4, -0.2) is 30.6 Å². The number of rotatable bonds is 4. The molecule has 2 aliphatic heterocycles. The summed E-state index contributed by atoms with van der Waals surface area (Å²) < 4.78 is 12.6. The van der Waals surface area contributed by atoms with E-state index in [1.807, 2.05) is 0 Å². The molecule has 2 saturated heterocycles. The van der Waals surface area contributed by atoms with Crippen molar-refractivity contribution in [2.75, 3.05) is 6.61 Å². The van der Waals surface area contributed by atoms with Crippen molar-refractivity contribution < 1.29 is 9.47 Å². The molecular formula is C18H27NO2. The maximum Gasteiger partial charge on any atom is 0.171 e. The van der Waals surface area contributed by atoms with E-state index in [0.29, 0.717) is 12.1 Å². The highest BCUT2D eigenvalue weighted by Crippen LogP contribution is 2.38. The van der Waals surface area contributed by atoms with Crippen LogP contribution < -0.4 is 5.32 Å². The van der Waals surface area contributed by atoms with Gasteiger partial charge in [0.2, 0.25) is 0 Å². The van der Waals surface area contributed by atoms with Crippen molar-refractivity contribution in [1.82, 2.24) is 5.32 Å². The highest BCUT2D eigenvalue weighted by molar-refractivity contribution is 5.16. The Hall–Kier alpha value is -0.900. The Bertz CT molecular complexity index is 436. The van der Waals surface area contributed by atoms with Crippen LogP contribution in [0.1, 0.15) is 45.1 Å².